The van der Waals surface area contributed by atoms with Gasteiger partial charge in [0.15, 0.2) is 11.2 Å². The van der Waals surface area contributed by atoms with Crippen LogP contribution in [0.15, 0.2) is 46.2 Å². The van der Waals surface area contributed by atoms with Gasteiger partial charge in [-0.1, -0.05) is 30.3 Å². The molecule has 1 saturated carbocycles. The number of carbonyl (C=O) groups is 1. The second-order valence-electron chi connectivity index (χ2n) is 6.99. The summed E-state index contributed by atoms with van der Waals surface area (Å²) >= 11 is 0. The number of benzene rings is 1. The summed E-state index contributed by atoms with van der Waals surface area (Å²) in [6.07, 6.45) is 3.45. The van der Waals surface area contributed by atoms with Gasteiger partial charge >= 0.3 is 5.69 Å². The van der Waals surface area contributed by atoms with E-state index in [1.54, 1.807) is 11.6 Å². The second-order valence-corrected chi connectivity index (χ2v) is 6.99. The highest BCUT2D eigenvalue weighted by Gasteiger charge is 2.32. The molecule has 0 aliphatic heterocycles. The molecule has 0 spiro atoms. The molecular weight excluding hydrogens is 346 g/mol. The number of fused-ring (bicyclic) bond motifs is 1. The third-order valence-electron chi connectivity index (χ3n) is 5.03. The van der Waals surface area contributed by atoms with Crippen molar-refractivity contribution in [3.63, 3.8) is 0 Å². The molecule has 0 atom stereocenters. The molecule has 1 aliphatic rings. The van der Waals surface area contributed by atoms with Crippen LogP contribution >= 0.6 is 0 Å². The Bertz CT molecular complexity index is 1120. The lowest BCUT2D eigenvalue weighted by molar-refractivity contribution is -0.133. The molecule has 4 rings (SSSR count). The van der Waals surface area contributed by atoms with Crippen LogP contribution in [0, 0.1) is 0 Å². The van der Waals surface area contributed by atoms with Crippen molar-refractivity contribution in [2.24, 2.45) is 14.1 Å². The van der Waals surface area contributed by atoms with E-state index < -0.39 is 11.2 Å². The smallest absolute Gasteiger partial charge is 0.332 e. The van der Waals surface area contributed by atoms with Gasteiger partial charge < -0.3 is 9.47 Å². The summed E-state index contributed by atoms with van der Waals surface area (Å²) in [5.74, 6) is -0.0587. The molecule has 1 aromatic carbocycles. The topological polar surface area (TPSA) is 82.1 Å². The first-order valence-corrected chi connectivity index (χ1v) is 8.91. The number of rotatable bonds is 5. The maximum Gasteiger partial charge on any atom is 0.332 e. The van der Waals surface area contributed by atoms with Crippen molar-refractivity contribution in [1.29, 1.82) is 0 Å². The summed E-state index contributed by atoms with van der Waals surface area (Å²) in [4.78, 5) is 43.6. The van der Waals surface area contributed by atoms with Crippen molar-refractivity contribution in [3.05, 3.63) is 63.1 Å². The van der Waals surface area contributed by atoms with Crippen LogP contribution in [0.5, 0.6) is 0 Å². The van der Waals surface area contributed by atoms with E-state index in [-0.39, 0.29) is 29.7 Å². The number of imidazole rings is 1. The minimum atomic E-state index is -0.445. The van der Waals surface area contributed by atoms with E-state index in [1.165, 1.54) is 17.9 Å². The number of hydrogen-bond acceptors (Lipinski definition) is 4. The molecule has 2 aromatic heterocycles. The fourth-order valence-corrected chi connectivity index (χ4v) is 3.34. The van der Waals surface area contributed by atoms with Gasteiger partial charge in [0.25, 0.3) is 5.56 Å². The van der Waals surface area contributed by atoms with E-state index in [9.17, 15) is 14.4 Å². The summed E-state index contributed by atoms with van der Waals surface area (Å²) in [5, 5.41) is 0. The van der Waals surface area contributed by atoms with E-state index in [0.717, 1.165) is 23.0 Å². The van der Waals surface area contributed by atoms with Gasteiger partial charge in [0.1, 0.15) is 6.54 Å². The first-order chi connectivity index (χ1) is 13.0. The van der Waals surface area contributed by atoms with Gasteiger partial charge in [-0.25, -0.2) is 9.78 Å². The SMILES string of the molecule is Cn1c(=O)c2c(ncn2CC(=O)N(Cc2ccccc2)C2CC2)n(C)c1=O. The minimum absolute atomic E-state index is 0.0211. The highest BCUT2D eigenvalue weighted by atomic mass is 16.2. The zero-order valence-electron chi connectivity index (χ0n) is 15.3. The van der Waals surface area contributed by atoms with Crippen molar-refractivity contribution < 1.29 is 4.79 Å². The standard InChI is InChI=1S/C19H21N5O3/c1-21-17-16(18(26)22(2)19(21)27)23(12-20-17)11-15(25)24(14-8-9-14)10-13-6-4-3-5-7-13/h3-7,12,14H,8-11H2,1-2H3. The molecule has 1 amide bonds. The van der Waals surface area contributed by atoms with E-state index in [1.807, 2.05) is 35.2 Å². The van der Waals surface area contributed by atoms with Crippen LogP contribution in [0.1, 0.15) is 18.4 Å². The maximum absolute atomic E-state index is 13.0. The van der Waals surface area contributed by atoms with E-state index in [4.69, 9.17) is 0 Å². The molecule has 1 fully saturated rings. The molecule has 0 bridgehead atoms. The number of amides is 1. The number of aromatic nitrogens is 4. The average molecular weight is 367 g/mol. The lowest BCUT2D eigenvalue weighted by atomic mass is 10.2. The zero-order chi connectivity index (χ0) is 19.1. The minimum Gasteiger partial charge on any atom is -0.334 e. The van der Waals surface area contributed by atoms with Gasteiger partial charge in [0.2, 0.25) is 5.91 Å². The Hall–Kier alpha value is -3.16. The molecule has 3 aromatic rings. The number of hydrogen-bond donors (Lipinski definition) is 0. The van der Waals surface area contributed by atoms with Crippen LogP contribution in [0.2, 0.25) is 0 Å². The highest BCUT2D eigenvalue weighted by molar-refractivity contribution is 5.79. The summed E-state index contributed by atoms with van der Waals surface area (Å²) < 4.78 is 3.90. The molecule has 8 nitrogen and oxygen atoms in total. The predicted molar refractivity (Wildman–Crippen MR) is 100 cm³/mol. The predicted octanol–water partition coefficient (Wildman–Crippen LogP) is 0.625. The highest BCUT2D eigenvalue weighted by Crippen LogP contribution is 2.28. The van der Waals surface area contributed by atoms with Crippen LogP contribution in [0.25, 0.3) is 11.2 Å². The molecule has 0 radical (unpaired) electrons. The van der Waals surface area contributed by atoms with Crippen molar-refractivity contribution in [3.8, 4) is 0 Å². The number of aryl methyl sites for hydroxylation is 1. The lowest BCUT2D eigenvalue weighted by Crippen LogP contribution is -2.39. The Balaban J connectivity index is 1.66. The summed E-state index contributed by atoms with van der Waals surface area (Å²) in [5.41, 5.74) is 0.749. The zero-order valence-corrected chi connectivity index (χ0v) is 15.3. The largest absolute Gasteiger partial charge is 0.334 e. The Morgan fingerprint density at radius 2 is 1.85 bits per heavy atom. The third kappa shape index (κ3) is 3.07. The number of carbonyl (C=O) groups excluding carboxylic acids is 1. The van der Waals surface area contributed by atoms with Gasteiger partial charge in [-0.2, -0.15) is 0 Å². The molecule has 27 heavy (non-hydrogen) atoms. The summed E-state index contributed by atoms with van der Waals surface area (Å²) in [6, 6.07) is 10.1. The van der Waals surface area contributed by atoms with Crippen molar-refractivity contribution in [2.75, 3.05) is 0 Å². The summed E-state index contributed by atoms with van der Waals surface area (Å²) in [6.45, 7) is 0.570. The average Bonchev–Trinajstić information content (AvgIpc) is 3.43. The quantitative estimate of drug-likeness (QED) is 0.662. The molecule has 8 heteroatoms. The van der Waals surface area contributed by atoms with Crippen LogP contribution < -0.4 is 11.2 Å². The van der Waals surface area contributed by atoms with Crippen LogP contribution in [-0.2, 0) is 32.0 Å². The van der Waals surface area contributed by atoms with E-state index >= 15 is 0 Å². The Morgan fingerprint density at radius 1 is 1.15 bits per heavy atom. The van der Waals surface area contributed by atoms with E-state index in [2.05, 4.69) is 4.98 Å². The van der Waals surface area contributed by atoms with Crippen molar-refractivity contribution >= 4 is 17.1 Å². The summed E-state index contributed by atoms with van der Waals surface area (Å²) in [7, 11) is 2.99. The van der Waals surface area contributed by atoms with Crippen molar-refractivity contribution in [1.82, 2.24) is 23.6 Å². The first kappa shape index (κ1) is 17.3. The first-order valence-electron chi connectivity index (χ1n) is 8.91. The van der Waals surface area contributed by atoms with Crippen LogP contribution in [0.3, 0.4) is 0 Å². The van der Waals surface area contributed by atoms with Gasteiger partial charge in [0.05, 0.1) is 6.33 Å². The second kappa shape index (κ2) is 6.53. The lowest BCUT2D eigenvalue weighted by Gasteiger charge is -2.23. The Kier molecular flexibility index (Phi) is 4.18. The molecule has 140 valence electrons. The van der Waals surface area contributed by atoms with Crippen LogP contribution in [-0.4, -0.2) is 35.5 Å². The maximum atomic E-state index is 13.0. The monoisotopic (exact) mass is 367 g/mol. The third-order valence-corrected chi connectivity index (χ3v) is 5.03. The van der Waals surface area contributed by atoms with Gasteiger partial charge in [0, 0.05) is 26.7 Å². The van der Waals surface area contributed by atoms with Gasteiger partial charge in [-0.15, -0.1) is 0 Å². The molecule has 2 heterocycles. The molecule has 0 unspecified atom stereocenters. The Labute approximate surface area is 155 Å². The molecule has 1 aliphatic carbocycles. The molecule has 0 saturated heterocycles. The Morgan fingerprint density at radius 3 is 2.52 bits per heavy atom. The van der Waals surface area contributed by atoms with Crippen molar-refractivity contribution in [2.45, 2.75) is 32.0 Å². The van der Waals surface area contributed by atoms with Gasteiger partial charge in [-0.05, 0) is 18.4 Å². The fraction of sp³-hybridized carbons (Fsp3) is 0.368. The number of nitrogens with zero attached hydrogens (tertiary/aromatic N) is 5. The normalized spacial score (nSPS) is 13.9. The molecule has 0 N–H and O–H groups in total. The fourth-order valence-electron chi connectivity index (χ4n) is 3.34. The van der Waals surface area contributed by atoms with E-state index in [0.29, 0.717) is 6.54 Å². The molecular formula is C19H21N5O3. The van der Waals surface area contributed by atoms with Gasteiger partial charge in [-0.3, -0.25) is 18.7 Å². The van der Waals surface area contributed by atoms with Crippen LogP contribution in [0.4, 0.5) is 0 Å².